The van der Waals surface area contributed by atoms with Crippen LogP contribution in [0.4, 0.5) is 0 Å². The van der Waals surface area contributed by atoms with Crippen LogP contribution >= 0.6 is 11.6 Å². The lowest BCUT2D eigenvalue weighted by atomic mass is 9.83. The highest BCUT2D eigenvalue weighted by Gasteiger charge is 2.39. The first kappa shape index (κ1) is 13.4. The highest BCUT2D eigenvalue weighted by atomic mass is 35.5. The first-order valence-electron chi connectivity index (χ1n) is 6.40. The minimum Gasteiger partial charge on any atom is -0.352 e. The van der Waals surface area contributed by atoms with Gasteiger partial charge >= 0.3 is 0 Å². The van der Waals surface area contributed by atoms with Crippen molar-refractivity contribution in [1.29, 1.82) is 0 Å². The maximum Gasteiger partial charge on any atom is 0.227 e. The molecule has 2 rings (SSSR count). The third kappa shape index (κ3) is 2.85. The number of halogens is 1. The van der Waals surface area contributed by atoms with Gasteiger partial charge in [-0.1, -0.05) is 30.7 Å². The topological polar surface area (TPSA) is 41.1 Å². The molecule has 1 amide bonds. The molecule has 1 saturated heterocycles. The van der Waals surface area contributed by atoms with E-state index in [1.807, 2.05) is 24.3 Å². The Labute approximate surface area is 113 Å². The number of hydrogen-bond donors (Lipinski definition) is 2. The van der Waals surface area contributed by atoms with Gasteiger partial charge < -0.3 is 10.6 Å². The molecule has 1 fully saturated rings. The zero-order chi connectivity index (χ0) is 13.0. The van der Waals surface area contributed by atoms with E-state index < -0.39 is 0 Å². The first-order chi connectivity index (χ1) is 8.66. The van der Waals surface area contributed by atoms with Gasteiger partial charge in [-0.05, 0) is 37.1 Å². The third-order valence-corrected chi connectivity index (χ3v) is 3.98. The first-order valence-corrected chi connectivity index (χ1v) is 6.77. The molecule has 0 aliphatic carbocycles. The Morgan fingerprint density at radius 1 is 1.56 bits per heavy atom. The fourth-order valence-corrected chi connectivity index (χ4v) is 2.63. The summed E-state index contributed by atoms with van der Waals surface area (Å²) in [5.74, 6) is 0.148. The summed E-state index contributed by atoms with van der Waals surface area (Å²) in [5.41, 5.74) is 0.812. The van der Waals surface area contributed by atoms with Gasteiger partial charge in [0.1, 0.15) is 0 Å². The summed E-state index contributed by atoms with van der Waals surface area (Å²) < 4.78 is 0. The van der Waals surface area contributed by atoms with E-state index >= 15 is 0 Å². The van der Waals surface area contributed by atoms with Crippen LogP contribution in [0, 0.1) is 5.41 Å². The fraction of sp³-hybridized carbons (Fsp3) is 0.500. The number of rotatable bonds is 4. The van der Waals surface area contributed by atoms with E-state index in [0.717, 1.165) is 31.5 Å². The Balaban J connectivity index is 1.95. The fourth-order valence-electron chi connectivity index (χ4n) is 2.42. The molecule has 0 radical (unpaired) electrons. The molecule has 0 spiro atoms. The Morgan fingerprint density at radius 3 is 3.00 bits per heavy atom. The molecule has 18 heavy (non-hydrogen) atoms. The van der Waals surface area contributed by atoms with Crippen molar-refractivity contribution in [2.24, 2.45) is 5.41 Å². The van der Waals surface area contributed by atoms with Crippen molar-refractivity contribution in [1.82, 2.24) is 10.6 Å². The summed E-state index contributed by atoms with van der Waals surface area (Å²) in [6, 6.07) is 7.59. The highest BCUT2D eigenvalue weighted by molar-refractivity contribution is 6.30. The van der Waals surface area contributed by atoms with Crippen molar-refractivity contribution in [3.05, 3.63) is 34.9 Å². The molecule has 4 heteroatoms. The van der Waals surface area contributed by atoms with E-state index in [4.69, 9.17) is 11.6 Å². The number of carbonyl (C=O) groups is 1. The van der Waals surface area contributed by atoms with Crippen LogP contribution in [0.1, 0.15) is 25.3 Å². The summed E-state index contributed by atoms with van der Waals surface area (Å²) in [7, 11) is 0. The Kier molecular flexibility index (Phi) is 4.25. The van der Waals surface area contributed by atoms with Gasteiger partial charge in [0.15, 0.2) is 0 Å². The van der Waals surface area contributed by atoms with Crippen molar-refractivity contribution < 1.29 is 4.79 Å². The average Bonchev–Trinajstić information content (AvgIpc) is 2.86. The van der Waals surface area contributed by atoms with E-state index in [-0.39, 0.29) is 11.3 Å². The summed E-state index contributed by atoms with van der Waals surface area (Å²) in [4.78, 5) is 12.3. The maximum absolute atomic E-state index is 12.3. The van der Waals surface area contributed by atoms with Gasteiger partial charge in [-0.3, -0.25) is 4.79 Å². The Hall–Kier alpha value is -1.06. The van der Waals surface area contributed by atoms with Crippen LogP contribution in [-0.4, -0.2) is 19.0 Å². The van der Waals surface area contributed by atoms with E-state index in [0.29, 0.717) is 11.6 Å². The van der Waals surface area contributed by atoms with Crippen molar-refractivity contribution in [3.8, 4) is 0 Å². The number of nitrogens with one attached hydrogen (secondary N) is 2. The van der Waals surface area contributed by atoms with E-state index in [1.165, 1.54) is 0 Å². The molecule has 3 nitrogen and oxygen atoms in total. The predicted molar refractivity (Wildman–Crippen MR) is 73.5 cm³/mol. The molecule has 1 unspecified atom stereocenters. The largest absolute Gasteiger partial charge is 0.352 e. The lowest BCUT2D eigenvalue weighted by molar-refractivity contribution is -0.130. The highest BCUT2D eigenvalue weighted by Crippen LogP contribution is 2.29. The minimum atomic E-state index is -0.224. The van der Waals surface area contributed by atoms with Crippen LogP contribution < -0.4 is 10.6 Å². The quantitative estimate of drug-likeness (QED) is 0.878. The molecule has 1 aliphatic rings. The number of carbonyl (C=O) groups excluding carboxylic acids is 1. The molecule has 0 aromatic heterocycles. The molecular weight excluding hydrogens is 248 g/mol. The molecule has 2 N–H and O–H groups in total. The number of amides is 1. The second-order valence-electron chi connectivity index (χ2n) is 4.87. The summed E-state index contributed by atoms with van der Waals surface area (Å²) >= 11 is 5.92. The van der Waals surface area contributed by atoms with E-state index in [2.05, 4.69) is 17.6 Å². The van der Waals surface area contributed by atoms with Crippen molar-refractivity contribution >= 4 is 17.5 Å². The van der Waals surface area contributed by atoms with Crippen LogP contribution in [0.3, 0.4) is 0 Å². The van der Waals surface area contributed by atoms with Gasteiger partial charge in [0.25, 0.3) is 0 Å². The molecular formula is C14H19ClN2O. The van der Waals surface area contributed by atoms with Crippen LogP contribution in [-0.2, 0) is 11.3 Å². The SMILES string of the molecule is CCC1(C(=O)NCc2cccc(Cl)c2)CCNC1. The summed E-state index contributed by atoms with van der Waals surface area (Å²) in [6.07, 6.45) is 1.80. The van der Waals surface area contributed by atoms with Crippen LogP contribution in [0.25, 0.3) is 0 Å². The van der Waals surface area contributed by atoms with E-state index in [9.17, 15) is 4.79 Å². The van der Waals surface area contributed by atoms with Crippen LogP contribution in [0.2, 0.25) is 5.02 Å². The van der Waals surface area contributed by atoms with Gasteiger partial charge in [-0.25, -0.2) is 0 Å². The standard InChI is InChI=1S/C14H19ClN2O/c1-2-14(6-7-16-10-14)13(18)17-9-11-4-3-5-12(15)8-11/h3-5,8,16H,2,6-7,9-10H2,1H3,(H,17,18). The van der Waals surface area contributed by atoms with Gasteiger partial charge in [-0.2, -0.15) is 0 Å². The molecule has 1 aromatic carbocycles. The molecule has 98 valence electrons. The maximum atomic E-state index is 12.3. The van der Waals surface area contributed by atoms with Gasteiger partial charge in [0.05, 0.1) is 5.41 Å². The normalized spacial score (nSPS) is 23.0. The monoisotopic (exact) mass is 266 g/mol. The van der Waals surface area contributed by atoms with Crippen LogP contribution in [0.15, 0.2) is 24.3 Å². The summed E-state index contributed by atoms with van der Waals surface area (Å²) in [6.45, 7) is 4.33. The van der Waals surface area contributed by atoms with Crippen molar-refractivity contribution in [3.63, 3.8) is 0 Å². The molecule has 1 aliphatic heterocycles. The molecule has 0 saturated carbocycles. The smallest absolute Gasteiger partial charge is 0.227 e. The molecule has 1 heterocycles. The van der Waals surface area contributed by atoms with Crippen molar-refractivity contribution in [2.75, 3.05) is 13.1 Å². The molecule has 1 aromatic rings. The second kappa shape index (κ2) is 5.72. The van der Waals surface area contributed by atoms with Crippen LogP contribution in [0.5, 0.6) is 0 Å². The zero-order valence-electron chi connectivity index (χ0n) is 10.6. The summed E-state index contributed by atoms with van der Waals surface area (Å²) in [5, 5.41) is 7.00. The molecule has 0 bridgehead atoms. The Morgan fingerprint density at radius 2 is 2.39 bits per heavy atom. The number of hydrogen-bond acceptors (Lipinski definition) is 2. The lowest BCUT2D eigenvalue weighted by Gasteiger charge is -2.25. The van der Waals surface area contributed by atoms with Gasteiger partial charge in [0, 0.05) is 18.1 Å². The van der Waals surface area contributed by atoms with Gasteiger partial charge in [0.2, 0.25) is 5.91 Å². The zero-order valence-corrected chi connectivity index (χ0v) is 11.4. The Bertz CT molecular complexity index is 428. The predicted octanol–water partition coefficient (Wildman–Crippen LogP) is 2.35. The van der Waals surface area contributed by atoms with Crippen molar-refractivity contribution in [2.45, 2.75) is 26.3 Å². The van der Waals surface area contributed by atoms with Gasteiger partial charge in [-0.15, -0.1) is 0 Å². The average molecular weight is 267 g/mol. The lowest BCUT2D eigenvalue weighted by Crippen LogP contribution is -2.41. The molecule has 1 atom stereocenters. The third-order valence-electron chi connectivity index (χ3n) is 3.74. The van der Waals surface area contributed by atoms with E-state index in [1.54, 1.807) is 0 Å². The second-order valence-corrected chi connectivity index (χ2v) is 5.31. The minimum absolute atomic E-state index is 0.148. The number of benzene rings is 1.